The molecule has 0 bridgehead atoms. The van der Waals surface area contributed by atoms with Crippen LogP contribution in [-0.2, 0) is 0 Å². The summed E-state index contributed by atoms with van der Waals surface area (Å²) >= 11 is 4.89. The molecule has 6 aromatic rings. The summed E-state index contributed by atoms with van der Waals surface area (Å²) in [5.74, 6) is -0.247. The fourth-order valence-electron chi connectivity index (χ4n) is 3.82. The lowest BCUT2D eigenvalue weighted by molar-refractivity contribution is 0.102. The van der Waals surface area contributed by atoms with Gasteiger partial charge in [-0.25, -0.2) is 9.97 Å². The van der Waals surface area contributed by atoms with Gasteiger partial charge in [-0.1, -0.05) is 38.1 Å². The third-order valence-electron chi connectivity index (χ3n) is 5.54. The number of hydrogen-bond acceptors (Lipinski definition) is 7. The van der Waals surface area contributed by atoms with E-state index in [4.69, 9.17) is 15.7 Å². The number of hydrogen-bond donors (Lipinski definition) is 2. The van der Waals surface area contributed by atoms with E-state index in [2.05, 4.69) is 5.32 Å². The van der Waals surface area contributed by atoms with Gasteiger partial charge in [0.05, 0.1) is 32.2 Å². The summed E-state index contributed by atoms with van der Waals surface area (Å²) in [7, 11) is 0. The zero-order chi connectivity index (χ0) is 25.8. The number of thiophene rings is 3. The van der Waals surface area contributed by atoms with Gasteiger partial charge in [-0.15, -0.1) is 34.0 Å². The van der Waals surface area contributed by atoms with Gasteiger partial charge in [0.25, 0.3) is 5.91 Å². The SMILES string of the molecule is CC.Nc1ccc(-c2cccs2)cc1NC(=O)c1ccc2nc(-c3cccs3)c(-c3cccs3)nc2c1. The Morgan fingerprint density at radius 1 is 0.730 bits per heavy atom. The first-order chi connectivity index (χ1) is 18.2. The predicted molar refractivity (Wildman–Crippen MR) is 160 cm³/mol. The predicted octanol–water partition coefficient (Wildman–Crippen LogP) is 8.68. The average molecular weight is 541 g/mol. The molecule has 1 amide bonds. The molecule has 0 saturated heterocycles. The third kappa shape index (κ3) is 5.17. The van der Waals surface area contributed by atoms with Crippen molar-refractivity contribution >= 4 is 62.3 Å². The summed E-state index contributed by atoms with van der Waals surface area (Å²) in [4.78, 5) is 26.2. The van der Waals surface area contributed by atoms with Gasteiger partial charge in [-0.2, -0.15) is 0 Å². The molecule has 37 heavy (non-hydrogen) atoms. The van der Waals surface area contributed by atoms with Crippen molar-refractivity contribution in [2.75, 3.05) is 11.1 Å². The number of amides is 1. The lowest BCUT2D eigenvalue weighted by Crippen LogP contribution is -2.13. The van der Waals surface area contributed by atoms with Crippen LogP contribution in [-0.4, -0.2) is 15.9 Å². The summed E-state index contributed by atoms with van der Waals surface area (Å²) in [6, 6.07) is 23.2. The Hall–Kier alpha value is -3.85. The second-order valence-corrected chi connectivity index (χ2v) is 10.7. The summed E-state index contributed by atoms with van der Waals surface area (Å²) in [6.07, 6.45) is 0. The fourth-order valence-corrected chi connectivity index (χ4v) is 5.97. The molecule has 8 heteroatoms. The first-order valence-corrected chi connectivity index (χ1v) is 14.4. The Kier molecular flexibility index (Phi) is 7.41. The van der Waals surface area contributed by atoms with Crippen LogP contribution in [0.15, 0.2) is 88.9 Å². The lowest BCUT2D eigenvalue weighted by atomic mass is 10.1. The van der Waals surface area contributed by atoms with Gasteiger partial charge in [-0.3, -0.25) is 4.79 Å². The van der Waals surface area contributed by atoms with Crippen LogP contribution < -0.4 is 11.1 Å². The number of nitrogens with two attached hydrogens (primary N) is 1. The molecule has 4 heterocycles. The number of carbonyl (C=O) groups is 1. The van der Waals surface area contributed by atoms with Crippen LogP contribution in [0, 0.1) is 0 Å². The normalized spacial score (nSPS) is 10.6. The molecule has 0 radical (unpaired) electrons. The van der Waals surface area contributed by atoms with Crippen molar-refractivity contribution in [1.29, 1.82) is 0 Å². The van der Waals surface area contributed by atoms with Gasteiger partial charge in [-0.05, 0) is 70.2 Å². The van der Waals surface area contributed by atoms with E-state index in [1.54, 1.807) is 46.1 Å². The summed E-state index contributed by atoms with van der Waals surface area (Å²) < 4.78 is 0. The van der Waals surface area contributed by atoms with Gasteiger partial charge >= 0.3 is 0 Å². The van der Waals surface area contributed by atoms with Crippen molar-refractivity contribution in [3.05, 3.63) is 94.5 Å². The zero-order valence-corrected chi connectivity index (χ0v) is 22.7. The van der Waals surface area contributed by atoms with Crippen molar-refractivity contribution in [2.45, 2.75) is 13.8 Å². The zero-order valence-electron chi connectivity index (χ0n) is 20.3. The minimum absolute atomic E-state index is 0.247. The fraction of sp³-hybridized carbons (Fsp3) is 0.0690. The molecule has 5 nitrogen and oxygen atoms in total. The molecule has 6 rings (SSSR count). The summed E-state index contributed by atoms with van der Waals surface area (Å²) in [5.41, 5.74) is 11.8. The molecule has 0 aliphatic carbocycles. The molecule has 3 N–H and O–H groups in total. The highest BCUT2D eigenvalue weighted by atomic mass is 32.1. The maximum Gasteiger partial charge on any atom is 0.255 e. The Morgan fingerprint density at radius 3 is 1.92 bits per heavy atom. The first kappa shape index (κ1) is 24.8. The molecule has 0 fully saturated rings. The van der Waals surface area contributed by atoms with Crippen LogP contribution in [0.2, 0.25) is 0 Å². The highest BCUT2D eigenvalue weighted by Crippen LogP contribution is 2.36. The molecular formula is C29H24N4OS3. The van der Waals surface area contributed by atoms with Gasteiger partial charge in [0.1, 0.15) is 11.4 Å². The van der Waals surface area contributed by atoms with E-state index < -0.39 is 0 Å². The van der Waals surface area contributed by atoms with Gasteiger partial charge in [0.15, 0.2) is 0 Å². The molecule has 0 aliphatic heterocycles. The van der Waals surface area contributed by atoms with E-state index >= 15 is 0 Å². The monoisotopic (exact) mass is 540 g/mol. The molecule has 0 saturated carbocycles. The van der Waals surface area contributed by atoms with Crippen molar-refractivity contribution in [1.82, 2.24) is 9.97 Å². The molecular weight excluding hydrogens is 517 g/mol. The standard InChI is InChI=1S/C27H18N4OS3.C2H6/c28-18-9-7-16(22-4-1-11-33-22)14-20(18)31-27(32)17-8-10-19-21(15-17)30-26(24-6-3-13-35-24)25(29-19)23-5-2-12-34-23;1-2/h1-15H,28H2,(H,31,32);1-2H3. The van der Waals surface area contributed by atoms with Crippen LogP contribution in [0.1, 0.15) is 24.2 Å². The van der Waals surface area contributed by atoms with E-state index in [1.807, 2.05) is 90.7 Å². The summed E-state index contributed by atoms with van der Waals surface area (Å²) in [5, 5.41) is 9.05. The van der Waals surface area contributed by atoms with Gasteiger partial charge in [0, 0.05) is 10.4 Å². The number of nitrogen functional groups attached to an aromatic ring is 1. The summed E-state index contributed by atoms with van der Waals surface area (Å²) in [6.45, 7) is 4.00. The maximum absolute atomic E-state index is 13.2. The highest BCUT2D eigenvalue weighted by Gasteiger charge is 2.17. The number of nitrogens with one attached hydrogen (secondary N) is 1. The van der Waals surface area contributed by atoms with E-state index in [-0.39, 0.29) is 5.91 Å². The quantitative estimate of drug-likeness (QED) is 0.214. The van der Waals surface area contributed by atoms with E-state index in [0.717, 1.165) is 37.1 Å². The van der Waals surface area contributed by atoms with Crippen molar-refractivity contribution in [3.63, 3.8) is 0 Å². The Balaban J connectivity index is 0.00000137. The number of nitrogens with zero attached hydrogens (tertiary/aromatic N) is 2. The van der Waals surface area contributed by atoms with Gasteiger partial charge in [0.2, 0.25) is 0 Å². The van der Waals surface area contributed by atoms with Gasteiger partial charge < -0.3 is 11.1 Å². The average Bonchev–Trinajstić information content (AvgIpc) is 3.73. The number of aromatic nitrogens is 2. The molecule has 4 aromatic heterocycles. The number of benzene rings is 2. The van der Waals surface area contributed by atoms with Crippen molar-refractivity contribution < 1.29 is 4.79 Å². The van der Waals surface area contributed by atoms with Crippen LogP contribution >= 0.6 is 34.0 Å². The number of carbonyl (C=O) groups excluding carboxylic acids is 1. The number of anilines is 2. The lowest BCUT2D eigenvalue weighted by Gasteiger charge is -2.11. The van der Waals surface area contributed by atoms with Crippen LogP contribution in [0.25, 0.3) is 42.6 Å². The minimum Gasteiger partial charge on any atom is -0.397 e. The second-order valence-electron chi connectivity index (χ2n) is 7.81. The Morgan fingerprint density at radius 2 is 1.32 bits per heavy atom. The Labute approximate surface area is 227 Å². The van der Waals surface area contributed by atoms with E-state index in [0.29, 0.717) is 22.5 Å². The van der Waals surface area contributed by atoms with E-state index in [1.165, 1.54) is 0 Å². The molecule has 2 aromatic carbocycles. The largest absolute Gasteiger partial charge is 0.397 e. The molecule has 184 valence electrons. The molecule has 0 atom stereocenters. The van der Waals surface area contributed by atoms with Crippen LogP contribution in [0.4, 0.5) is 11.4 Å². The maximum atomic E-state index is 13.2. The molecule has 0 aliphatic rings. The van der Waals surface area contributed by atoms with Crippen molar-refractivity contribution in [2.24, 2.45) is 0 Å². The van der Waals surface area contributed by atoms with E-state index in [9.17, 15) is 4.79 Å². The second kappa shape index (κ2) is 11.0. The number of fused-ring (bicyclic) bond motifs is 1. The number of rotatable bonds is 5. The third-order valence-corrected chi connectivity index (χ3v) is 8.21. The first-order valence-electron chi connectivity index (χ1n) is 11.8. The molecule has 0 spiro atoms. The Bertz CT molecular complexity index is 1640. The van der Waals surface area contributed by atoms with Crippen LogP contribution in [0.3, 0.4) is 0 Å². The topological polar surface area (TPSA) is 80.9 Å². The van der Waals surface area contributed by atoms with Crippen molar-refractivity contribution in [3.8, 4) is 31.6 Å². The van der Waals surface area contributed by atoms with Crippen LogP contribution in [0.5, 0.6) is 0 Å². The smallest absolute Gasteiger partial charge is 0.255 e. The highest BCUT2D eigenvalue weighted by molar-refractivity contribution is 7.14. The molecule has 0 unspecified atom stereocenters. The minimum atomic E-state index is -0.247.